The van der Waals surface area contributed by atoms with Crippen LogP contribution in [0.3, 0.4) is 0 Å². The minimum atomic E-state index is -1.47. The van der Waals surface area contributed by atoms with Gasteiger partial charge in [-0.25, -0.2) is 4.79 Å². The lowest BCUT2D eigenvalue weighted by Gasteiger charge is -2.68. The zero-order valence-electron chi connectivity index (χ0n) is 22.4. The summed E-state index contributed by atoms with van der Waals surface area (Å²) in [5.74, 6) is 3.02. The van der Waals surface area contributed by atoms with Crippen LogP contribution in [0.1, 0.15) is 91.9 Å². The van der Waals surface area contributed by atoms with Crippen LogP contribution in [0.25, 0.3) is 0 Å². The summed E-state index contributed by atoms with van der Waals surface area (Å²) in [6.07, 6.45) is 8.26. The summed E-state index contributed by atoms with van der Waals surface area (Å²) >= 11 is 0. The van der Waals surface area contributed by atoms with E-state index < -0.39 is 29.4 Å². The second kappa shape index (κ2) is 9.01. The highest BCUT2D eigenvalue weighted by Gasteiger charge is 2.75. The molecule has 2 bridgehead atoms. The van der Waals surface area contributed by atoms with Crippen molar-refractivity contribution in [2.45, 2.75) is 110 Å². The van der Waals surface area contributed by atoms with Crippen molar-refractivity contribution in [2.75, 3.05) is 13.7 Å². The Kier molecular flexibility index (Phi) is 6.56. The Morgan fingerprint density at radius 2 is 1.89 bits per heavy atom. The normalized spacial score (nSPS) is 47.1. The molecule has 35 heavy (non-hydrogen) atoms. The molecule has 6 rings (SSSR count). The first-order chi connectivity index (χ1) is 16.6. The SMILES string of the molecule is COC(=O)O[C@H]1CC[C@@]23CO[C@@H](C(=O)[C@@]2(O)C1)[C@H]1[C@@H]2CC[C@H]([C@H](C)CCCC(C)C)[C@@]2(C)CC[C@@H]13. The quantitative estimate of drug-likeness (QED) is 0.492. The van der Waals surface area contributed by atoms with Gasteiger partial charge >= 0.3 is 6.16 Å². The van der Waals surface area contributed by atoms with E-state index in [9.17, 15) is 14.7 Å². The minimum Gasteiger partial charge on any atom is -0.438 e. The van der Waals surface area contributed by atoms with Crippen LogP contribution in [0.15, 0.2) is 0 Å². The lowest BCUT2D eigenvalue weighted by molar-refractivity contribution is -0.295. The molecule has 2 heterocycles. The van der Waals surface area contributed by atoms with E-state index >= 15 is 0 Å². The van der Waals surface area contributed by atoms with Crippen molar-refractivity contribution in [2.24, 2.45) is 46.3 Å². The minimum absolute atomic E-state index is 0.152. The number of carbonyl (C=O) groups is 2. The van der Waals surface area contributed by atoms with Crippen LogP contribution in [-0.2, 0) is 19.0 Å². The van der Waals surface area contributed by atoms with Gasteiger partial charge in [0.05, 0.1) is 13.7 Å². The third-order valence-corrected chi connectivity index (χ3v) is 11.5. The summed E-state index contributed by atoms with van der Waals surface area (Å²) < 4.78 is 16.4. The molecule has 0 aromatic carbocycles. The number of rotatable bonds is 6. The molecule has 6 fully saturated rings. The van der Waals surface area contributed by atoms with Gasteiger partial charge in [-0.1, -0.05) is 47.0 Å². The maximum atomic E-state index is 13.9. The second-order valence-electron chi connectivity index (χ2n) is 13.4. The number of hydrogen-bond acceptors (Lipinski definition) is 6. The number of fused-ring (bicyclic) bond motifs is 2. The average molecular weight is 491 g/mol. The Morgan fingerprint density at radius 1 is 1.11 bits per heavy atom. The van der Waals surface area contributed by atoms with Crippen LogP contribution < -0.4 is 0 Å². The predicted octanol–water partition coefficient (Wildman–Crippen LogP) is 5.54. The topological polar surface area (TPSA) is 82.1 Å². The molecule has 0 unspecified atom stereocenters. The number of Topliss-reactive ketones (excluding diaryl/α,β-unsaturated/α-hetero) is 1. The number of ether oxygens (including phenoxy) is 3. The lowest BCUT2D eigenvalue weighted by atomic mass is 9.40. The second-order valence-corrected chi connectivity index (χ2v) is 13.4. The van der Waals surface area contributed by atoms with Crippen molar-refractivity contribution in [1.82, 2.24) is 0 Å². The van der Waals surface area contributed by atoms with E-state index in [0.29, 0.717) is 43.1 Å². The molecule has 198 valence electrons. The first kappa shape index (κ1) is 25.5. The molecule has 2 saturated heterocycles. The van der Waals surface area contributed by atoms with E-state index in [0.717, 1.165) is 12.3 Å². The van der Waals surface area contributed by atoms with Crippen molar-refractivity contribution in [3.8, 4) is 0 Å². The Morgan fingerprint density at radius 3 is 2.60 bits per heavy atom. The molecule has 2 aliphatic heterocycles. The molecule has 0 aromatic rings. The highest BCUT2D eigenvalue weighted by atomic mass is 16.7. The Hall–Kier alpha value is -1.14. The summed E-state index contributed by atoms with van der Waals surface area (Å²) in [4.78, 5) is 25.6. The van der Waals surface area contributed by atoms with Gasteiger partial charge in [-0.2, -0.15) is 0 Å². The third-order valence-electron chi connectivity index (χ3n) is 11.5. The van der Waals surface area contributed by atoms with Crippen molar-refractivity contribution in [3.05, 3.63) is 0 Å². The molecule has 6 heteroatoms. The van der Waals surface area contributed by atoms with E-state index in [1.165, 1.54) is 45.6 Å². The molecular weight excluding hydrogens is 444 g/mol. The number of ketones is 1. The smallest absolute Gasteiger partial charge is 0.438 e. The first-order valence-electron chi connectivity index (χ1n) is 14.2. The van der Waals surface area contributed by atoms with E-state index in [4.69, 9.17) is 9.47 Å². The Bertz CT molecular complexity index is 841. The zero-order chi connectivity index (χ0) is 25.2. The first-order valence-corrected chi connectivity index (χ1v) is 14.2. The van der Waals surface area contributed by atoms with Crippen LogP contribution in [-0.4, -0.2) is 48.6 Å². The largest absolute Gasteiger partial charge is 0.508 e. The molecule has 4 aliphatic carbocycles. The van der Waals surface area contributed by atoms with Gasteiger partial charge < -0.3 is 19.3 Å². The molecule has 0 radical (unpaired) electrons. The fourth-order valence-electron chi connectivity index (χ4n) is 9.80. The molecule has 0 aromatic heterocycles. The van der Waals surface area contributed by atoms with Crippen LogP contribution in [0, 0.1) is 46.3 Å². The monoisotopic (exact) mass is 490 g/mol. The van der Waals surface area contributed by atoms with Gasteiger partial charge in [0, 0.05) is 11.8 Å². The molecule has 0 amide bonds. The molecule has 4 saturated carbocycles. The summed E-state index contributed by atoms with van der Waals surface area (Å²) in [7, 11) is 1.28. The number of methoxy groups -OCH3 is 1. The molecule has 1 N–H and O–H groups in total. The van der Waals surface area contributed by atoms with Crippen LogP contribution >= 0.6 is 0 Å². The third kappa shape index (κ3) is 3.71. The van der Waals surface area contributed by atoms with Crippen molar-refractivity contribution in [1.29, 1.82) is 0 Å². The summed E-state index contributed by atoms with van der Waals surface area (Å²) in [6.45, 7) is 10.0. The van der Waals surface area contributed by atoms with E-state index in [-0.39, 0.29) is 23.5 Å². The standard InChI is InChI=1S/C29H46O6/c1-17(2)7-6-8-18(3)20-9-10-21-23-22(12-13-27(20,21)4)28-14-11-19(35-26(31)33-5)15-29(28,32)25(30)24(23)34-16-28/h17-24,32H,6-16H2,1-5H3/t18-,19+,20-,21+,22+,23+,24-,27-,28+,29+/m1/s1. The van der Waals surface area contributed by atoms with Crippen LogP contribution in [0.4, 0.5) is 4.79 Å². The van der Waals surface area contributed by atoms with E-state index in [2.05, 4.69) is 32.4 Å². The van der Waals surface area contributed by atoms with Gasteiger partial charge in [0.15, 0.2) is 5.78 Å². The molecule has 1 spiro atoms. The van der Waals surface area contributed by atoms with Crippen molar-refractivity contribution < 1.29 is 28.9 Å². The fraction of sp³-hybridized carbons (Fsp3) is 0.931. The molecule has 6 nitrogen and oxygen atoms in total. The number of hydrogen-bond donors (Lipinski definition) is 1. The molecule has 6 aliphatic rings. The van der Waals surface area contributed by atoms with Gasteiger partial charge in [0.1, 0.15) is 17.8 Å². The van der Waals surface area contributed by atoms with E-state index in [1.54, 1.807) is 0 Å². The maximum Gasteiger partial charge on any atom is 0.508 e. The maximum absolute atomic E-state index is 13.9. The summed E-state index contributed by atoms with van der Waals surface area (Å²) in [5, 5.41) is 12.0. The van der Waals surface area contributed by atoms with Gasteiger partial charge in [-0.15, -0.1) is 0 Å². The fourth-order valence-corrected chi connectivity index (χ4v) is 9.80. The highest BCUT2D eigenvalue weighted by molar-refractivity contribution is 5.94. The highest BCUT2D eigenvalue weighted by Crippen LogP contribution is 2.71. The van der Waals surface area contributed by atoms with Gasteiger partial charge in [0.25, 0.3) is 0 Å². The van der Waals surface area contributed by atoms with Gasteiger partial charge in [0.2, 0.25) is 0 Å². The Labute approximate surface area is 210 Å². The zero-order valence-corrected chi connectivity index (χ0v) is 22.4. The van der Waals surface area contributed by atoms with Crippen molar-refractivity contribution in [3.63, 3.8) is 0 Å². The molecular formula is C29H46O6. The number of aliphatic hydroxyl groups is 1. The van der Waals surface area contributed by atoms with Gasteiger partial charge in [-0.05, 0) is 79.4 Å². The van der Waals surface area contributed by atoms with Crippen LogP contribution in [0.2, 0.25) is 0 Å². The van der Waals surface area contributed by atoms with Crippen molar-refractivity contribution >= 4 is 11.9 Å². The van der Waals surface area contributed by atoms with Crippen LogP contribution in [0.5, 0.6) is 0 Å². The summed E-state index contributed by atoms with van der Waals surface area (Å²) in [5.41, 5.74) is -1.77. The summed E-state index contributed by atoms with van der Waals surface area (Å²) in [6, 6.07) is 0. The van der Waals surface area contributed by atoms with Gasteiger partial charge in [-0.3, -0.25) is 4.79 Å². The predicted molar refractivity (Wildman–Crippen MR) is 132 cm³/mol. The molecule has 10 atom stereocenters. The number of carbonyl (C=O) groups excluding carboxylic acids is 2. The Balaban J connectivity index is 1.37. The lowest BCUT2D eigenvalue weighted by Crippen LogP contribution is -2.78. The van der Waals surface area contributed by atoms with E-state index in [1.807, 2.05) is 0 Å². The average Bonchev–Trinajstić information content (AvgIpc) is 3.17.